The van der Waals surface area contributed by atoms with E-state index in [9.17, 15) is 22.0 Å². The molecule has 2 aliphatic heterocycles. The van der Waals surface area contributed by atoms with Crippen molar-refractivity contribution in [1.29, 1.82) is 0 Å². The summed E-state index contributed by atoms with van der Waals surface area (Å²) in [6, 6.07) is 11.9. The van der Waals surface area contributed by atoms with E-state index in [0.717, 1.165) is 63.3 Å². The number of sulfone groups is 1. The number of amides is 1. The number of carbonyl (C=O) groups excluding carboxylic acids is 1. The van der Waals surface area contributed by atoms with Crippen LogP contribution in [0.15, 0.2) is 70.6 Å². The Morgan fingerprint density at radius 1 is 1.00 bits per heavy atom. The smallest absolute Gasteiger partial charge is 0.273 e. The van der Waals surface area contributed by atoms with Crippen molar-refractivity contribution in [1.82, 2.24) is 15.2 Å². The van der Waals surface area contributed by atoms with Crippen molar-refractivity contribution in [3.8, 4) is 0 Å². The van der Waals surface area contributed by atoms with E-state index in [2.05, 4.69) is 26.1 Å². The van der Waals surface area contributed by atoms with Crippen LogP contribution in [0.2, 0.25) is 0 Å². The summed E-state index contributed by atoms with van der Waals surface area (Å²) in [5.74, 6) is -2.40. The molecule has 0 radical (unpaired) electrons. The number of ether oxygens (including phenoxy) is 1. The molecule has 2 aliphatic rings. The number of fused-ring (bicyclic) bond motifs is 1. The quantitative estimate of drug-likeness (QED) is 0.294. The zero-order chi connectivity index (χ0) is 29.3. The molecule has 0 aliphatic carbocycles. The van der Waals surface area contributed by atoms with Crippen molar-refractivity contribution in [3.63, 3.8) is 0 Å². The highest BCUT2D eigenvalue weighted by Gasteiger charge is 2.25. The first-order valence-corrected chi connectivity index (χ1v) is 15.2. The summed E-state index contributed by atoms with van der Waals surface area (Å²) in [5, 5.41) is 11.5. The summed E-state index contributed by atoms with van der Waals surface area (Å²) in [4.78, 5) is 16.5. The number of halogens is 2. The molecule has 1 unspecified atom stereocenters. The van der Waals surface area contributed by atoms with Gasteiger partial charge < -0.3 is 20.3 Å². The Labute approximate surface area is 241 Å². The Hall–Kier alpha value is -4.07. The van der Waals surface area contributed by atoms with E-state index >= 15 is 0 Å². The van der Waals surface area contributed by atoms with Gasteiger partial charge in [0.15, 0.2) is 0 Å². The third kappa shape index (κ3) is 5.67. The molecule has 42 heavy (non-hydrogen) atoms. The van der Waals surface area contributed by atoms with Gasteiger partial charge >= 0.3 is 0 Å². The standard InChI is InChI=1S/C29H30F2N6O4S/c30-20-15-21(31)17-23(16-20)42(39,40)22-7-8-25-19(14-22)18-33-37(25)35-29(38)24-4-3-5-26(36-11-9-32-10-12-36)28(24)34-27-6-1-2-13-41-27/h3-5,7-8,14-18,27,32,34H,1-2,6,9-13H2,(H,35,38). The Morgan fingerprint density at radius 2 is 1.79 bits per heavy atom. The molecule has 0 saturated carbocycles. The number of rotatable bonds is 7. The maximum absolute atomic E-state index is 13.7. The second-order valence-electron chi connectivity index (χ2n) is 10.3. The average Bonchev–Trinajstić information content (AvgIpc) is 3.39. The van der Waals surface area contributed by atoms with Gasteiger partial charge in [0.05, 0.1) is 38.4 Å². The number of piperazine rings is 1. The molecule has 1 aromatic heterocycles. The van der Waals surface area contributed by atoms with Crippen LogP contribution in [0.25, 0.3) is 10.9 Å². The van der Waals surface area contributed by atoms with Crippen molar-refractivity contribution in [3.05, 3.63) is 78.0 Å². The normalized spacial score (nSPS) is 17.8. The molecule has 3 N–H and O–H groups in total. The lowest BCUT2D eigenvalue weighted by Crippen LogP contribution is -2.44. The van der Waals surface area contributed by atoms with Gasteiger partial charge in [-0.2, -0.15) is 9.89 Å². The first-order chi connectivity index (χ1) is 20.3. The topological polar surface area (TPSA) is 118 Å². The number of benzene rings is 3. The van der Waals surface area contributed by atoms with Crippen molar-refractivity contribution >= 4 is 38.0 Å². The van der Waals surface area contributed by atoms with Crippen LogP contribution in [0.3, 0.4) is 0 Å². The Morgan fingerprint density at radius 3 is 2.52 bits per heavy atom. The predicted octanol–water partition coefficient (Wildman–Crippen LogP) is 3.88. The van der Waals surface area contributed by atoms with Gasteiger partial charge in [0.2, 0.25) is 9.84 Å². The summed E-state index contributed by atoms with van der Waals surface area (Å²) in [6.45, 7) is 3.91. The van der Waals surface area contributed by atoms with Crippen molar-refractivity contribution in [2.45, 2.75) is 35.3 Å². The number of anilines is 2. The lowest BCUT2D eigenvalue weighted by Gasteiger charge is -2.33. The number of nitrogens with one attached hydrogen (secondary N) is 3. The van der Waals surface area contributed by atoms with Crippen LogP contribution >= 0.6 is 0 Å². The first-order valence-electron chi connectivity index (χ1n) is 13.8. The zero-order valence-electron chi connectivity index (χ0n) is 22.6. The van der Waals surface area contributed by atoms with E-state index in [4.69, 9.17) is 4.74 Å². The summed E-state index contributed by atoms with van der Waals surface area (Å²) in [7, 11) is -4.20. The van der Waals surface area contributed by atoms with Gasteiger partial charge in [-0.1, -0.05) is 6.07 Å². The minimum absolute atomic E-state index is 0.159. The molecule has 10 nitrogen and oxygen atoms in total. The van der Waals surface area contributed by atoms with Gasteiger partial charge in [0, 0.05) is 44.2 Å². The molecule has 3 aromatic carbocycles. The minimum atomic E-state index is -4.20. The van der Waals surface area contributed by atoms with E-state index in [1.165, 1.54) is 29.2 Å². The number of hydrogen-bond acceptors (Lipinski definition) is 8. The summed E-state index contributed by atoms with van der Waals surface area (Å²) < 4.78 is 59.5. The highest BCUT2D eigenvalue weighted by molar-refractivity contribution is 7.91. The second-order valence-corrected chi connectivity index (χ2v) is 12.2. The zero-order valence-corrected chi connectivity index (χ0v) is 23.5. The van der Waals surface area contributed by atoms with Crippen LogP contribution in [0.5, 0.6) is 0 Å². The van der Waals surface area contributed by atoms with Crippen LogP contribution in [-0.4, -0.2) is 63.2 Å². The van der Waals surface area contributed by atoms with Crippen LogP contribution in [0, 0.1) is 11.6 Å². The molecule has 2 fully saturated rings. The SMILES string of the molecule is O=C(Nn1ncc2cc(S(=O)(=O)c3cc(F)cc(F)c3)ccc21)c1cccc(N2CCNCC2)c1NC1CCCCO1. The fraction of sp³-hybridized carbons (Fsp3) is 0.310. The molecular weight excluding hydrogens is 566 g/mol. The van der Waals surface area contributed by atoms with Crippen LogP contribution in [-0.2, 0) is 14.6 Å². The minimum Gasteiger partial charge on any atom is -0.367 e. The average molecular weight is 597 g/mol. The molecule has 220 valence electrons. The molecule has 0 bridgehead atoms. The maximum atomic E-state index is 13.7. The third-order valence-corrected chi connectivity index (χ3v) is 9.16. The monoisotopic (exact) mass is 596 g/mol. The fourth-order valence-corrected chi connectivity index (χ4v) is 6.65. The predicted molar refractivity (Wildman–Crippen MR) is 154 cm³/mol. The van der Waals surface area contributed by atoms with E-state index < -0.39 is 32.3 Å². The molecule has 1 amide bonds. The maximum Gasteiger partial charge on any atom is 0.273 e. The molecule has 0 spiro atoms. The molecule has 4 aromatic rings. The number of nitrogens with zero attached hydrogens (tertiary/aromatic N) is 3. The summed E-state index contributed by atoms with van der Waals surface area (Å²) in [6.07, 6.45) is 4.05. The largest absolute Gasteiger partial charge is 0.367 e. The molecule has 6 rings (SSSR count). The van der Waals surface area contributed by atoms with Gasteiger partial charge in [-0.3, -0.25) is 4.79 Å². The van der Waals surface area contributed by atoms with E-state index in [1.54, 1.807) is 6.07 Å². The highest BCUT2D eigenvalue weighted by atomic mass is 32.2. The molecular formula is C29H30F2N6O4S. The van der Waals surface area contributed by atoms with Gasteiger partial charge in [0.25, 0.3) is 5.91 Å². The molecule has 2 saturated heterocycles. The second kappa shape index (κ2) is 11.7. The Balaban J connectivity index is 1.30. The van der Waals surface area contributed by atoms with Gasteiger partial charge in [-0.05, 0) is 61.7 Å². The third-order valence-electron chi connectivity index (χ3n) is 7.43. The first kappa shape index (κ1) is 28.1. The van der Waals surface area contributed by atoms with E-state index in [0.29, 0.717) is 34.8 Å². The van der Waals surface area contributed by atoms with Crippen molar-refractivity contribution in [2.24, 2.45) is 0 Å². The highest BCUT2D eigenvalue weighted by Crippen LogP contribution is 2.33. The lowest BCUT2D eigenvalue weighted by molar-refractivity contribution is 0.0343. The number of hydrogen-bond donors (Lipinski definition) is 3. The van der Waals surface area contributed by atoms with Gasteiger partial charge in [-0.15, -0.1) is 0 Å². The van der Waals surface area contributed by atoms with Crippen LogP contribution in [0.1, 0.15) is 29.6 Å². The van der Waals surface area contributed by atoms with Crippen LogP contribution < -0.4 is 21.0 Å². The van der Waals surface area contributed by atoms with Gasteiger partial charge in [-0.25, -0.2) is 22.6 Å². The van der Waals surface area contributed by atoms with E-state index in [-0.39, 0.29) is 11.1 Å². The fourth-order valence-electron chi connectivity index (χ4n) is 5.31. The Bertz CT molecular complexity index is 1710. The molecule has 1 atom stereocenters. The number of para-hydroxylation sites is 1. The summed E-state index contributed by atoms with van der Waals surface area (Å²) >= 11 is 0. The van der Waals surface area contributed by atoms with Crippen molar-refractivity contribution in [2.75, 3.05) is 48.4 Å². The van der Waals surface area contributed by atoms with Crippen LogP contribution in [0.4, 0.5) is 20.2 Å². The number of aromatic nitrogens is 2. The van der Waals surface area contributed by atoms with Gasteiger partial charge in [0.1, 0.15) is 17.9 Å². The lowest BCUT2D eigenvalue weighted by atomic mass is 10.1. The summed E-state index contributed by atoms with van der Waals surface area (Å²) in [5.41, 5.74) is 5.24. The Kier molecular flexibility index (Phi) is 7.80. The van der Waals surface area contributed by atoms with Crippen molar-refractivity contribution < 1.29 is 26.7 Å². The molecule has 3 heterocycles. The van der Waals surface area contributed by atoms with E-state index in [1.807, 2.05) is 12.1 Å². The number of carbonyl (C=O) groups is 1. The molecule has 13 heteroatoms.